The number of fused-ring (bicyclic) bond motifs is 1. The standard InChI is InChI=1S/C22H31N5O3/c1-21(30)8-6-15(7-9-21)25-20-24-13-14-12-22(10-11-23-18(22)28)19(29)27(17(14)26-20)16-4-2-3-5-16/h13,15-16,30H,2-12H2,1H3,(H,23,28)(H,24,25,26)/t15?,21?,22-/m1/s1. The summed E-state index contributed by atoms with van der Waals surface area (Å²) in [4.78, 5) is 37.5. The highest BCUT2D eigenvalue weighted by molar-refractivity contribution is 6.14. The second-order valence-electron chi connectivity index (χ2n) is 9.84. The van der Waals surface area contributed by atoms with Gasteiger partial charge < -0.3 is 15.7 Å². The van der Waals surface area contributed by atoms with E-state index in [1.807, 2.05) is 11.8 Å². The van der Waals surface area contributed by atoms with Gasteiger partial charge in [0.15, 0.2) is 0 Å². The van der Waals surface area contributed by atoms with E-state index < -0.39 is 11.0 Å². The number of aliphatic hydroxyl groups is 1. The maximum Gasteiger partial charge on any atom is 0.244 e. The molecule has 8 heteroatoms. The number of nitrogens with zero attached hydrogens (tertiary/aromatic N) is 3. The van der Waals surface area contributed by atoms with Crippen LogP contribution in [0.2, 0.25) is 0 Å². The van der Waals surface area contributed by atoms with E-state index >= 15 is 0 Å². The van der Waals surface area contributed by atoms with Gasteiger partial charge in [0, 0.05) is 36.8 Å². The van der Waals surface area contributed by atoms with E-state index in [0.717, 1.165) is 56.9 Å². The Morgan fingerprint density at radius 1 is 1.17 bits per heavy atom. The van der Waals surface area contributed by atoms with Crippen LogP contribution in [-0.4, -0.2) is 51.1 Å². The zero-order valence-corrected chi connectivity index (χ0v) is 17.6. The van der Waals surface area contributed by atoms with Crippen molar-refractivity contribution < 1.29 is 14.7 Å². The number of nitrogens with one attached hydrogen (secondary N) is 2. The van der Waals surface area contributed by atoms with Crippen molar-refractivity contribution in [1.82, 2.24) is 15.3 Å². The first-order valence-electron chi connectivity index (χ1n) is 11.3. The van der Waals surface area contributed by atoms with Gasteiger partial charge in [-0.3, -0.25) is 14.5 Å². The number of aromatic nitrogens is 2. The van der Waals surface area contributed by atoms with Crippen molar-refractivity contribution in [2.45, 2.75) is 88.8 Å². The highest BCUT2D eigenvalue weighted by Gasteiger charge is 2.56. The minimum Gasteiger partial charge on any atom is -0.390 e. The number of amides is 2. The Balaban J connectivity index is 1.45. The number of anilines is 2. The van der Waals surface area contributed by atoms with E-state index in [9.17, 15) is 14.7 Å². The first kappa shape index (κ1) is 19.7. The molecule has 0 aromatic carbocycles. The number of carbonyl (C=O) groups excluding carboxylic acids is 2. The molecule has 3 heterocycles. The van der Waals surface area contributed by atoms with Crippen molar-refractivity contribution in [3.8, 4) is 0 Å². The zero-order valence-electron chi connectivity index (χ0n) is 17.6. The topological polar surface area (TPSA) is 107 Å². The predicted molar refractivity (Wildman–Crippen MR) is 112 cm³/mol. The second-order valence-corrected chi connectivity index (χ2v) is 9.84. The van der Waals surface area contributed by atoms with Crippen LogP contribution in [0.15, 0.2) is 6.20 Å². The van der Waals surface area contributed by atoms with Gasteiger partial charge in [-0.05, 0) is 51.9 Å². The lowest BCUT2D eigenvalue weighted by Gasteiger charge is -2.41. The monoisotopic (exact) mass is 413 g/mol. The Morgan fingerprint density at radius 2 is 1.90 bits per heavy atom. The Kier molecular flexibility index (Phi) is 4.72. The summed E-state index contributed by atoms with van der Waals surface area (Å²) in [5.41, 5.74) is -0.699. The molecule has 5 rings (SSSR count). The van der Waals surface area contributed by atoms with Crippen LogP contribution in [0.5, 0.6) is 0 Å². The lowest BCUT2D eigenvalue weighted by Crippen LogP contribution is -2.56. The van der Waals surface area contributed by atoms with Crippen LogP contribution in [0.1, 0.15) is 70.3 Å². The SMILES string of the molecule is CC1(O)CCC(Nc2ncc3c(n2)N(C2CCCC2)C(=O)[C@]2(CCNC2=O)C3)CC1. The molecule has 1 atom stereocenters. The molecule has 2 aliphatic heterocycles. The quantitative estimate of drug-likeness (QED) is 0.654. The Labute approximate surface area is 176 Å². The van der Waals surface area contributed by atoms with Gasteiger partial charge in [0.25, 0.3) is 0 Å². The van der Waals surface area contributed by atoms with E-state index in [-0.39, 0.29) is 23.9 Å². The van der Waals surface area contributed by atoms with Gasteiger partial charge in [-0.25, -0.2) is 4.98 Å². The molecule has 2 amide bonds. The maximum atomic E-state index is 13.6. The normalized spacial score (nSPS) is 34.3. The van der Waals surface area contributed by atoms with Crippen molar-refractivity contribution >= 4 is 23.6 Å². The first-order chi connectivity index (χ1) is 14.4. The van der Waals surface area contributed by atoms with Gasteiger partial charge in [0.1, 0.15) is 11.2 Å². The van der Waals surface area contributed by atoms with Crippen LogP contribution in [0.25, 0.3) is 0 Å². The van der Waals surface area contributed by atoms with Crippen LogP contribution < -0.4 is 15.5 Å². The van der Waals surface area contributed by atoms with Gasteiger partial charge in [0.05, 0.1) is 5.60 Å². The first-order valence-corrected chi connectivity index (χ1v) is 11.3. The third-order valence-electron chi connectivity index (χ3n) is 7.55. The molecule has 0 bridgehead atoms. The third kappa shape index (κ3) is 3.25. The maximum absolute atomic E-state index is 13.6. The fraction of sp³-hybridized carbons (Fsp3) is 0.727. The van der Waals surface area contributed by atoms with E-state index in [2.05, 4.69) is 15.6 Å². The number of hydrogen-bond acceptors (Lipinski definition) is 6. The fourth-order valence-corrected chi connectivity index (χ4v) is 5.64. The Hall–Kier alpha value is -2.22. The van der Waals surface area contributed by atoms with Gasteiger partial charge in [-0.15, -0.1) is 0 Å². The molecule has 1 aromatic heterocycles. The second kappa shape index (κ2) is 7.18. The summed E-state index contributed by atoms with van der Waals surface area (Å²) in [5.74, 6) is 0.966. The average molecular weight is 414 g/mol. The molecular weight excluding hydrogens is 382 g/mol. The van der Waals surface area contributed by atoms with Gasteiger partial charge in [-0.1, -0.05) is 12.8 Å². The van der Waals surface area contributed by atoms with Crippen molar-refractivity contribution in [2.24, 2.45) is 5.41 Å². The predicted octanol–water partition coefficient (Wildman–Crippen LogP) is 1.92. The van der Waals surface area contributed by atoms with Crippen molar-refractivity contribution in [3.63, 3.8) is 0 Å². The van der Waals surface area contributed by atoms with Crippen molar-refractivity contribution in [1.29, 1.82) is 0 Å². The molecule has 1 spiro atoms. The molecule has 1 saturated heterocycles. The Morgan fingerprint density at radius 3 is 2.57 bits per heavy atom. The van der Waals surface area contributed by atoms with Crippen molar-refractivity contribution in [2.75, 3.05) is 16.8 Å². The van der Waals surface area contributed by atoms with Crippen LogP contribution in [0, 0.1) is 5.41 Å². The summed E-state index contributed by atoms with van der Waals surface area (Å²) < 4.78 is 0. The van der Waals surface area contributed by atoms with Crippen LogP contribution in [0.4, 0.5) is 11.8 Å². The summed E-state index contributed by atoms with van der Waals surface area (Å²) in [6.45, 7) is 2.43. The van der Waals surface area contributed by atoms with Gasteiger partial charge in [-0.2, -0.15) is 4.98 Å². The summed E-state index contributed by atoms with van der Waals surface area (Å²) in [7, 11) is 0. The summed E-state index contributed by atoms with van der Waals surface area (Å²) in [5, 5.41) is 16.5. The summed E-state index contributed by atoms with van der Waals surface area (Å²) >= 11 is 0. The molecule has 2 saturated carbocycles. The summed E-state index contributed by atoms with van der Waals surface area (Å²) in [6.07, 6.45) is 10.0. The molecule has 8 nitrogen and oxygen atoms in total. The molecule has 3 fully saturated rings. The van der Waals surface area contributed by atoms with Crippen LogP contribution >= 0.6 is 0 Å². The molecular formula is C22H31N5O3. The fourth-order valence-electron chi connectivity index (χ4n) is 5.64. The largest absolute Gasteiger partial charge is 0.390 e. The highest BCUT2D eigenvalue weighted by atomic mass is 16.3. The summed E-state index contributed by atoms with van der Waals surface area (Å²) in [6, 6.07) is 0.323. The van der Waals surface area contributed by atoms with E-state index in [0.29, 0.717) is 31.2 Å². The lowest BCUT2D eigenvalue weighted by molar-refractivity contribution is -0.140. The zero-order chi connectivity index (χ0) is 20.9. The minimum atomic E-state index is -0.997. The molecule has 1 aromatic rings. The van der Waals surface area contributed by atoms with E-state index in [1.54, 1.807) is 6.20 Å². The number of hydrogen-bond donors (Lipinski definition) is 3. The molecule has 0 unspecified atom stereocenters. The Bertz CT molecular complexity index is 856. The highest BCUT2D eigenvalue weighted by Crippen LogP contribution is 2.44. The third-order valence-corrected chi connectivity index (χ3v) is 7.55. The van der Waals surface area contributed by atoms with Crippen molar-refractivity contribution in [3.05, 3.63) is 11.8 Å². The van der Waals surface area contributed by atoms with Crippen LogP contribution in [0.3, 0.4) is 0 Å². The van der Waals surface area contributed by atoms with Gasteiger partial charge in [0.2, 0.25) is 17.8 Å². The molecule has 3 N–H and O–H groups in total. The molecule has 162 valence electrons. The van der Waals surface area contributed by atoms with E-state index in [4.69, 9.17) is 4.98 Å². The molecule has 30 heavy (non-hydrogen) atoms. The van der Waals surface area contributed by atoms with Crippen LogP contribution in [-0.2, 0) is 16.0 Å². The average Bonchev–Trinajstić information content (AvgIpc) is 3.36. The lowest BCUT2D eigenvalue weighted by atomic mass is 9.76. The smallest absolute Gasteiger partial charge is 0.244 e. The molecule has 4 aliphatic rings. The molecule has 0 radical (unpaired) electrons. The molecule has 2 aliphatic carbocycles. The number of carbonyl (C=O) groups is 2. The van der Waals surface area contributed by atoms with E-state index in [1.165, 1.54) is 0 Å². The number of rotatable bonds is 3. The van der Waals surface area contributed by atoms with Gasteiger partial charge >= 0.3 is 0 Å². The minimum absolute atomic E-state index is 0.0877.